The number of benzene rings is 1. The Balaban J connectivity index is 2.20. The molecule has 2 rings (SSSR count). The number of likely N-dealkylation sites (tertiary alicyclic amines) is 1. The molecule has 0 spiro atoms. The molecule has 1 heterocycles. The van der Waals surface area contributed by atoms with E-state index in [2.05, 4.69) is 0 Å². The summed E-state index contributed by atoms with van der Waals surface area (Å²) in [5.41, 5.74) is 0.277. The van der Waals surface area contributed by atoms with Crippen molar-refractivity contribution in [3.63, 3.8) is 0 Å². The molecule has 19 heavy (non-hydrogen) atoms. The van der Waals surface area contributed by atoms with Crippen molar-refractivity contribution >= 4 is 17.5 Å². The summed E-state index contributed by atoms with van der Waals surface area (Å²) in [5, 5.41) is 9.93. The van der Waals surface area contributed by atoms with Gasteiger partial charge in [0.05, 0.1) is 12.7 Å². The second-order valence-corrected chi connectivity index (χ2v) is 5.48. The van der Waals surface area contributed by atoms with Crippen molar-refractivity contribution in [3.8, 4) is 11.5 Å². The van der Waals surface area contributed by atoms with Crippen molar-refractivity contribution in [1.82, 2.24) is 4.90 Å². The van der Waals surface area contributed by atoms with Crippen LogP contribution in [0.1, 0.15) is 23.7 Å². The van der Waals surface area contributed by atoms with Crippen LogP contribution in [-0.4, -0.2) is 41.5 Å². The van der Waals surface area contributed by atoms with Gasteiger partial charge in [0, 0.05) is 18.5 Å². The van der Waals surface area contributed by atoms with E-state index in [0.29, 0.717) is 18.8 Å². The van der Waals surface area contributed by atoms with E-state index in [1.807, 2.05) is 6.92 Å². The number of nitrogens with zero attached hydrogens (tertiary/aromatic N) is 1. The number of carbonyl (C=O) groups is 1. The molecule has 1 saturated heterocycles. The number of hydrogen-bond donors (Lipinski definition) is 1. The average molecular weight is 284 g/mol. The van der Waals surface area contributed by atoms with Crippen LogP contribution in [0.5, 0.6) is 11.5 Å². The van der Waals surface area contributed by atoms with E-state index in [1.54, 1.807) is 17.0 Å². The van der Waals surface area contributed by atoms with Crippen LogP contribution < -0.4 is 4.74 Å². The Hall–Kier alpha value is -1.42. The Bertz CT molecular complexity index is 478. The highest BCUT2D eigenvalue weighted by atomic mass is 35.5. The maximum Gasteiger partial charge on any atom is 0.257 e. The summed E-state index contributed by atoms with van der Waals surface area (Å²) >= 11 is 6.15. The molecule has 5 heteroatoms. The first-order chi connectivity index (χ1) is 9.02. The van der Waals surface area contributed by atoms with Crippen LogP contribution in [0.25, 0.3) is 0 Å². The smallest absolute Gasteiger partial charge is 0.257 e. The summed E-state index contributed by atoms with van der Waals surface area (Å²) in [7, 11) is 1.53. The zero-order valence-electron chi connectivity index (χ0n) is 11.1. The number of methoxy groups -OCH3 is 1. The summed E-state index contributed by atoms with van der Waals surface area (Å²) in [6.45, 7) is 3.26. The number of ether oxygens (including phenoxy) is 1. The third-order valence-corrected chi connectivity index (χ3v) is 4.17. The first-order valence-corrected chi connectivity index (χ1v) is 6.77. The second kappa shape index (κ2) is 5.70. The summed E-state index contributed by atoms with van der Waals surface area (Å²) in [6.07, 6.45) is 0.777. The first kappa shape index (κ1) is 14.0. The SMILES string of the molecule is COc1ccc(O)c(C(=O)N2CCC(Cl)C(C)C2)c1. The fourth-order valence-corrected chi connectivity index (χ4v) is 2.46. The number of hydrogen-bond acceptors (Lipinski definition) is 3. The molecule has 4 nitrogen and oxygen atoms in total. The van der Waals surface area contributed by atoms with Crippen molar-refractivity contribution in [2.24, 2.45) is 5.92 Å². The van der Waals surface area contributed by atoms with Crippen LogP contribution in [0, 0.1) is 5.92 Å². The van der Waals surface area contributed by atoms with Gasteiger partial charge in [-0.25, -0.2) is 0 Å². The van der Waals surface area contributed by atoms with Gasteiger partial charge in [0.25, 0.3) is 5.91 Å². The average Bonchev–Trinajstić information content (AvgIpc) is 2.41. The van der Waals surface area contributed by atoms with Crippen molar-refractivity contribution in [2.75, 3.05) is 20.2 Å². The number of phenolic OH excluding ortho intramolecular Hbond substituents is 1. The van der Waals surface area contributed by atoms with Crippen LogP contribution in [0.4, 0.5) is 0 Å². The zero-order valence-corrected chi connectivity index (χ0v) is 11.9. The topological polar surface area (TPSA) is 49.8 Å². The number of carbonyl (C=O) groups excluding carboxylic acids is 1. The lowest BCUT2D eigenvalue weighted by atomic mass is 9.98. The van der Waals surface area contributed by atoms with Crippen LogP contribution in [0.3, 0.4) is 0 Å². The van der Waals surface area contributed by atoms with Crippen molar-refractivity contribution in [2.45, 2.75) is 18.7 Å². The first-order valence-electron chi connectivity index (χ1n) is 6.33. The molecule has 2 atom stereocenters. The Kier molecular flexibility index (Phi) is 4.20. The maximum absolute atomic E-state index is 12.4. The largest absolute Gasteiger partial charge is 0.507 e. The molecule has 2 unspecified atom stereocenters. The van der Waals surface area contributed by atoms with E-state index in [9.17, 15) is 9.90 Å². The highest BCUT2D eigenvalue weighted by Crippen LogP contribution is 2.27. The molecule has 0 radical (unpaired) electrons. The fourth-order valence-electron chi connectivity index (χ4n) is 2.29. The number of alkyl halides is 1. The van der Waals surface area contributed by atoms with Crippen molar-refractivity contribution < 1.29 is 14.6 Å². The summed E-state index contributed by atoms with van der Waals surface area (Å²) in [5.74, 6) is 0.617. The summed E-state index contributed by atoms with van der Waals surface area (Å²) in [4.78, 5) is 14.1. The Labute approximate surface area is 117 Å². The predicted octanol–water partition coefficient (Wildman–Crippen LogP) is 2.49. The van der Waals surface area contributed by atoms with Gasteiger partial charge in [0.15, 0.2) is 0 Å². The van der Waals surface area contributed by atoms with Crippen LogP contribution >= 0.6 is 11.6 Å². The number of phenols is 1. The van der Waals surface area contributed by atoms with E-state index < -0.39 is 0 Å². The van der Waals surface area contributed by atoms with E-state index in [0.717, 1.165) is 6.42 Å². The molecule has 1 aliphatic heterocycles. The molecular weight excluding hydrogens is 266 g/mol. The summed E-state index contributed by atoms with van der Waals surface area (Å²) in [6, 6.07) is 4.67. The minimum absolute atomic E-state index is 0.0218. The van der Waals surface area contributed by atoms with Gasteiger partial charge in [0.2, 0.25) is 0 Å². The lowest BCUT2D eigenvalue weighted by molar-refractivity contribution is 0.0683. The molecular formula is C14H18ClNO3. The molecule has 104 valence electrons. The molecule has 1 fully saturated rings. The second-order valence-electron chi connectivity index (χ2n) is 4.92. The van der Waals surface area contributed by atoms with E-state index in [4.69, 9.17) is 16.3 Å². The zero-order chi connectivity index (χ0) is 14.0. The van der Waals surface area contributed by atoms with Crippen LogP contribution in [0.15, 0.2) is 18.2 Å². The Morgan fingerprint density at radius 2 is 2.26 bits per heavy atom. The lowest BCUT2D eigenvalue weighted by Gasteiger charge is -2.34. The fraction of sp³-hybridized carbons (Fsp3) is 0.500. The van der Waals surface area contributed by atoms with E-state index >= 15 is 0 Å². The Morgan fingerprint density at radius 1 is 1.53 bits per heavy atom. The van der Waals surface area contributed by atoms with Gasteiger partial charge < -0.3 is 14.7 Å². The molecule has 1 N–H and O–H groups in total. The van der Waals surface area contributed by atoms with Gasteiger partial charge in [-0.3, -0.25) is 4.79 Å². The van der Waals surface area contributed by atoms with Crippen molar-refractivity contribution in [3.05, 3.63) is 23.8 Å². The number of piperidine rings is 1. The standard InChI is InChI=1S/C14H18ClNO3/c1-9-8-16(6-5-12(9)15)14(18)11-7-10(19-2)3-4-13(11)17/h3-4,7,9,12,17H,5-6,8H2,1-2H3. The minimum Gasteiger partial charge on any atom is -0.507 e. The van der Waals surface area contributed by atoms with Crippen molar-refractivity contribution in [1.29, 1.82) is 0 Å². The third kappa shape index (κ3) is 2.95. The molecule has 0 aliphatic carbocycles. The van der Waals surface area contributed by atoms with Gasteiger partial charge in [-0.2, -0.15) is 0 Å². The van der Waals surface area contributed by atoms with Gasteiger partial charge in [-0.15, -0.1) is 11.6 Å². The highest BCUT2D eigenvalue weighted by molar-refractivity contribution is 6.20. The van der Waals surface area contributed by atoms with E-state index in [1.165, 1.54) is 13.2 Å². The van der Waals surface area contributed by atoms with Gasteiger partial charge in [-0.1, -0.05) is 6.92 Å². The highest BCUT2D eigenvalue weighted by Gasteiger charge is 2.29. The van der Waals surface area contributed by atoms with Crippen LogP contribution in [0.2, 0.25) is 0 Å². The van der Waals surface area contributed by atoms with Gasteiger partial charge in [-0.05, 0) is 30.5 Å². The number of amides is 1. The summed E-state index contributed by atoms with van der Waals surface area (Å²) < 4.78 is 5.08. The monoisotopic (exact) mass is 283 g/mol. The molecule has 1 aliphatic rings. The lowest BCUT2D eigenvalue weighted by Crippen LogP contribution is -2.43. The van der Waals surface area contributed by atoms with Gasteiger partial charge in [0.1, 0.15) is 11.5 Å². The predicted molar refractivity (Wildman–Crippen MR) is 74.0 cm³/mol. The maximum atomic E-state index is 12.4. The molecule has 0 saturated carbocycles. The molecule has 1 aromatic rings. The van der Waals surface area contributed by atoms with E-state index in [-0.39, 0.29) is 28.5 Å². The van der Waals surface area contributed by atoms with Crippen LogP contribution in [-0.2, 0) is 0 Å². The number of rotatable bonds is 2. The normalized spacial score (nSPS) is 23.2. The van der Waals surface area contributed by atoms with Gasteiger partial charge >= 0.3 is 0 Å². The molecule has 1 amide bonds. The Morgan fingerprint density at radius 3 is 2.89 bits per heavy atom. The molecule has 0 bridgehead atoms. The minimum atomic E-state index is -0.174. The quantitative estimate of drug-likeness (QED) is 0.849. The number of aromatic hydroxyl groups is 1. The number of halogens is 1. The molecule has 0 aromatic heterocycles. The molecule has 1 aromatic carbocycles. The third-order valence-electron chi connectivity index (χ3n) is 3.52.